The topological polar surface area (TPSA) is 55.4 Å². The second kappa shape index (κ2) is 6.09. The van der Waals surface area contributed by atoms with Crippen molar-refractivity contribution in [3.63, 3.8) is 0 Å². The van der Waals surface area contributed by atoms with Crippen LogP contribution in [0.4, 0.5) is 10.1 Å². The Morgan fingerprint density at radius 3 is 2.40 bits per heavy atom. The fourth-order valence-corrected chi connectivity index (χ4v) is 4.46. The van der Waals surface area contributed by atoms with E-state index in [4.69, 9.17) is 4.74 Å². The van der Waals surface area contributed by atoms with Gasteiger partial charge in [0.05, 0.1) is 20.4 Å². The van der Waals surface area contributed by atoms with Gasteiger partial charge in [-0.15, -0.1) is 0 Å². The zero-order valence-corrected chi connectivity index (χ0v) is 14.4. The van der Waals surface area contributed by atoms with Crippen LogP contribution in [0, 0.1) is 5.82 Å². The van der Waals surface area contributed by atoms with Crippen LogP contribution in [0.25, 0.3) is 0 Å². The molecule has 1 N–H and O–H groups in total. The number of ether oxygens (including phenoxy) is 1. The van der Waals surface area contributed by atoms with Gasteiger partial charge in [0, 0.05) is 0 Å². The summed E-state index contributed by atoms with van der Waals surface area (Å²) in [4.78, 5) is 1.78. The zero-order valence-electron chi connectivity index (χ0n) is 12.8. The first-order chi connectivity index (χ1) is 12.0. The maximum atomic E-state index is 13.0. The lowest BCUT2D eigenvalue weighted by Gasteiger charge is -2.20. The predicted molar refractivity (Wildman–Crippen MR) is 94.3 cm³/mol. The van der Waals surface area contributed by atoms with Gasteiger partial charge in [0.15, 0.2) is 0 Å². The van der Waals surface area contributed by atoms with Crippen LogP contribution in [0.15, 0.2) is 81.4 Å². The molecule has 25 heavy (non-hydrogen) atoms. The molecule has 126 valence electrons. The highest BCUT2D eigenvalue weighted by atomic mass is 32.2. The molecule has 7 heteroatoms. The van der Waals surface area contributed by atoms with E-state index in [0.717, 1.165) is 27.7 Å². The first-order valence-corrected chi connectivity index (χ1v) is 9.68. The zero-order chi connectivity index (χ0) is 17.4. The van der Waals surface area contributed by atoms with E-state index in [2.05, 4.69) is 4.72 Å². The van der Waals surface area contributed by atoms with Gasteiger partial charge in [-0.2, -0.15) is 0 Å². The normalized spacial score (nSPS) is 12.7. The lowest BCUT2D eigenvalue weighted by atomic mass is 10.3. The second-order valence-electron chi connectivity index (χ2n) is 5.37. The molecule has 3 aromatic carbocycles. The van der Waals surface area contributed by atoms with Gasteiger partial charge in [0.1, 0.15) is 17.3 Å². The smallest absolute Gasteiger partial charge is 0.261 e. The molecular weight excluding hydrogens is 361 g/mol. The monoisotopic (exact) mass is 373 g/mol. The van der Waals surface area contributed by atoms with Crippen molar-refractivity contribution in [3.05, 3.63) is 72.5 Å². The minimum atomic E-state index is -3.78. The largest absolute Gasteiger partial charge is 0.455 e. The summed E-state index contributed by atoms with van der Waals surface area (Å²) in [6.45, 7) is 0. The van der Waals surface area contributed by atoms with Gasteiger partial charge in [-0.05, 0) is 54.6 Å². The van der Waals surface area contributed by atoms with Crippen molar-refractivity contribution >= 4 is 27.5 Å². The van der Waals surface area contributed by atoms with E-state index in [1.54, 1.807) is 18.2 Å². The summed E-state index contributed by atoms with van der Waals surface area (Å²) < 4.78 is 46.1. The molecular formula is C18H12FNO3S2. The van der Waals surface area contributed by atoms with Gasteiger partial charge in [-0.3, -0.25) is 4.72 Å². The van der Waals surface area contributed by atoms with E-state index in [1.165, 1.54) is 23.9 Å². The van der Waals surface area contributed by atoms with Gasteiger partial charge in [0.2, 0.25) is 0 Å². The standard InChI is InChI=1S/C18H12FNO3S2/c19-12-5-8-14(9-6-12)25(21,22)20-13-7-10-16-18(11-13)24-17-4-2-1-3-15(17)23-16/h1-11,20H. The van der Waals surface area contributed by atoms with Gasteiger partial charge in [-0.25, -0.2) is 12.8 Å². The minimum absolute atomic E-state index is 0.000805. The molecule has 0 radical (unpaired) electrons. The van der Waals surface area contributed by atoms with Crippen molar-refractivity contribution in [2.45, 2.75) is 14.7 Å². The molecule has 0 aromatic heterocycles. The number of nitrogens with one attached hydrogen (secondary N) is 1. The molecule has 1 aliphatic heterocycles. The Kier molecular flexibility index (Phi) is 3.89. The van der Waals surface area contributed by atoms with Crippen molar-refractivity contribution < 1.29 is 17.5 Å². The van der Waals surface area contributed by atoms with Crippen molar-refractivity contribution in [2.24, 2.45) is 0 Å². The SMILES string of the molecule is O=S(=O)(Nc1ccc2c(c1)Sc1ccccc1O2)c1ccc(F)cc1. The summed E-state index contributed by atoms with van der Waals surface area (Å²) in [7, 11) is -3.78. The highest BCUT2D eigenvalue weighted by molar-refractivity contribution is 7.99. The van der Waals surface area contributed by atoms with Crippen molar-refractivity contribution in [2.75, 3.05) is 4.72 Å². The quantitative estimate of drug-likeness (QED) is 0.556. The van der Waals surface area contributed by atoms with Crippen molar-refractivity contribution in [1.82, 2.24) is 0 Å². The van der Waals surface area contributed by atoms with E-state index < -0.39 is 15.8 Å². The number of hydrogen-bond donors (Lipinski definition) is 1. The van der Waals surface area contributed by atoms with E-state index in [9.17, 15) is 12.8 Å². The third-order valence-electron chi connectivity index (χ3n) is 3.61. The van der Waals surface area contributed by atoms with Crippen LogP contribution in [-0.2, 0) is 10.0 Å². The molecule has 1 heterocycles. The molecule has 0 aliphatic carbocycles. The Labute approximate surface area is 148 Å². The van der Waals surface area contributed by atoms with Crippen molar-refractivity contribution in [3.8, 4) is 11.5 Å². The van der Waals surface area contributed by atoms with Crippen LogP contribution < -0.4 is 9.46 Å². The van der Waals surface area contributed by atoms with Crippen LogP contribution in [-0.4, -0.2) is 8.42 Å². The first kappa shape index (κ1) is 16.0. The lowest BCUT2D eigenvalue weighted by Crippen LogP contribution is -2.13. The van der Waals surface area contributed by atoms with E-state index in [-0.39, 0.29) is 4.90 Å². The molecule has 0 saturated heterocycles. The summed E-state index contributed by atoms with van der Waals surface area (Å²) in [5, 5.41) is 0. The summed E-state index contributed by atoms with van der Waals surface area (Å²) >= 11 is 1.51. The molecule has 3 aromatic rings. The Morgan fingerprint density at radius 1 is 0.880 bits per heavy atom. The highest BCUT2D eigenvalue weighted by Crippen LogP contribution is 2.47. The molecule has 0 fully saturated rings. The van der Waals surface area contributed by atoms with E-state index >= 15 is 0 Å². The molecule has 0 amide bonds. The van der Waals surface area contributed by atoms with Crippen LogP contribution in [0.1, 0.15) is 0 Å². The molecule has 0 unspecified atom stereocenters. The minimum Gasteiger partial charge on any atom is -0.455 e. The van der Waals surface area contributed by atoms with Crippen LogP contribution in [0.5, 0.6) is 11.5 Å². The van der Waals surface area contributed by atoms with Gasteiger partial charge in [0.25, 0.3) is 10.0 Å². The number of fused-ring (bicyclic) bond motifs is 2. The van der Waals surface area contributed by atoms with E-state index in [0.29, 0.717) is 11.4 Å². The molecule has 4 nitrogen and oxygen atoms in total. The molecule has 0 bridgehead atoms. The van der Waals surface area contributed by atoms with Crippen molar-refractivity contribution in [1.29, 1.82) is 0 Å². The average molecular weight is 373 g/mol. The maximum Gasteiger partial charge on any atom is 0.261 e. The number of rotatable bonds is 3. The van der Waals surface area contributed by atoms with Gasteiger partial charge < -0.3 is 4.74 Å². The molecule has 4 rings (SSSR count). The molecule has 0 atom stereocenters. The summed E-state index contributed by atoms with van der Waals surface area (Å²) in [5.41, 5.74) is 0.415. The summed E-state index contributed by atoms with van der Waals surface area (Å²) in [6, 6.07) is 17.4. The predicted octanol–water partition coefficient (Wildman–Crippen LogP) is 4.88. The van der Waals surface area contributed by atoms with Gasteiger partial charge >= 0.3 is 0 Å². The number of benzene rings is 3. The third kappa shape index (κ3) is 3.20. The van der Waals surface area contributed by atoms with Crippen LogP contribution in [0.3, 0.4) is 0 Å². The lowest BCUT2D eigenvalue weighted by molar-refractivity contribution is 0.454. The van der Waals surface area contributed by atoms with Crippen LogP contribution in [0.2, 0.25) is 0 Å². The van der Waals surface area contributed by atoms with Gasteiger partial charge in [-0.1, -0.05) is 23.9 Å². The second-order valence-corrected chi connectivity index (χ2v) is 8.14. The Morgan fingerprint density at radius 2 is 1.60 bits per heavy atom. The Balaban J connectivity index is 1.62. The maximum absolute atomic E-state index is 13.0. The van der Waals surface area contributed by atoms with Crippen LogP contribution >= 0.6 is 11.8 Å². The number of halogens is 1. The molecule has 1 aliphatic rings. The van der Waals surface area contributed by atoms with E-state index in [1.807, 2.05) is 24.3 Å². The summed E-state index contributed by atoms with van der Waals surface area (Å²) in [5.74, 6) is 0.966. The molecule has 0 saturated carbocycles. The summed E-state index contributed by atoms with van der Waals surface area (Å²) in [6.07, 6.45) is 0. The number of hydrogen-bond acceptors (Lipinski definition) is 4. The average Bonchev–Trinajstić information content (AvgIpc) is 2.60. The Hall–Kier alpha value is -2.51. The number of sulfonamides is 1. The highest BCUT2D eigenvalue weighted by Gasteiger charge is 2.19. The number of anilines is 1. The molecule has 0 spiro atoms. The fraction of sp³-hybridized carbons (Fsp3) is 0. The number of para-hydroxylation sites is 1. The third-order valence-corrected chi connectivity index (χ3v) is 6.10. The first-order valence-electron chi connectivity index (χ1n) is 7.38. The Bertz CT molecular complexity index is 1050. The fourth-order valence-electron chi connectivity index (χ4n) is 2.42.